The molecule has 3 aromatic carbocycles. The normalized spacial score (nSPS) is 12.5. The Kier molecular flexibility index (Phi) is 3.28. The zero-order chi connectivity index (χ0) is 17.6. The van der Waals surface area contributed by atoms with Gasteiger partial charge in [0.15, 0.2) is 0 Å². The third-order valence-corrected chi connectivity index (χ3v) is 4.34. The molecule has 25 heavy (non-hydrogen) atoms. The highest BCUT2D eigenvalue weighted by Crippen LogP contribution is 2.38. The number of carbonyl (C=O) groups is 2. The molecule has 1 aliphatic carbocycles. The smallest absolute Gasteiger partial charge is 0.277 e. The summed E-state index contributed by atoms with van der Waals surface area (Å²) >= 11 is 0. The molecule has 3 aromatic rings. The van der Waals surface area contributed by atoms with E-state index in [1.54, 1.807) is 60.7 Å². The Hall–Kier alpha value is -3.60. The summed E-state index contributed by atoms with van der Waals surface area (Å²) in [5, 5.41) is 11.3. The van der Waals surface area contributed by atoms with Crippen LogP contribution in [0.2, 0.25) is 0 Å². The third kappa shape index (κ3) is 2.25. The van der Waals surface area contributed by atoms with Gasteiger partial charge in [0, 0.05) is 17.2 Å². The number of nitrogens with zero attached hydrogens (tertiary/aromatic N) is 1. The molecule has 0 radical (unpaired) electrons. The highest BCUT2D eigenvalue weighted by atomic mass is 16.6. The van der Waals surface area contributed by atoms with Gasteiger partial charge in [-0.15, -0.1) is 0 Å². The van der Waals surface area contributed by atoms with E-state index in [-0.39, 0.29) is 5.69 Å². The summed E-state index contributed by atoms with van der Waals surface area (Å²) in [5.74, 6) is -1.08. The van der Waals surface area contributed by atoms with Crippen LogP contribution in [0.3, 0.4) is 0 Å². The zero-order valence-corrected chi connectivity index (χ0v) is 12.9. The van der Waals surface area contributed by atoms with Crippen LogP contribution in [0.15, 0.2) is 66.7 Å². The second-order valence-corrected chi connectivity index (χ2v) is 5.74. The van der Waals surface area contributed by atoms with Crippen molar-refractivity contribution in [3.05, 3.63) is 88.0 Å². The minimum atomic E-state index is -0.553. The Labute approximate surface area is 142 Å². The molecule has 0 saturated heterocycles. The van der Waals surface area contributed by atoms with Crippen LogP contribution in [-0.4, -0.2) is 16.5 Å². The maximum atomic E-state index is 12.3. The van der Waals surface area contributed by atoms with Crippen LogP contribution in [0.25, 0.3) is 22.3 Å². The van der Waals surface area contributed by atoms with Crippen LogP contribution >= 0.6 is 0 Å². The lowest BCUT2D eigenvalue weighted by Gasteiger charge is -2.18. The molecule has 1 aliphatic rings. The van der Waals surface area contributed by atoms with Crippen molar-refractivity contribution in [3.63, 3.8) is 0 Å². The second kappa shape index (κ2) is 5.49. The summed E-state index contributed by atoms with van der Waals surface area (Å²) < 4.78 is 0. The van der Waals surface area contributed by atoms with E-state index in [4.69, 9.17) is 0 Å². The number of hydrogen-bond donors (Lipinski definition) is 0. The van der Waals surface area contributed by atoms with E-state index in [2.05, 4.69) is 0 Å². The minimum absolute atomic E-state index is 0.00560. The van der Waals surface area contributed by atoms with E-state index in [1.165, 1.54) is 6.07 Å². The molecule has 5 nitrogen and oxygen atoms in total. The van der Waals surface area contributed by atoms with Crippen LogP contribution in [0.4, 0.5) is 5.69 Å². The molecular formula is C20H11NO4. The van der Waals surface area contributed by atoms with Gasteiger partial charge >= 0.3 is 0 Å². The van der Waals surface area contributed by atoms with Gasteiger partial charge < -0.3 is 0 Å². The molecule has 0 N–H and O–H groups in total. The molecule has 0 fully saturated rings. The van der Waals surface area contributed by atoms with E-state index in [1.807, 2.05) is 0 Å². The Morgan fingerprint density at radius 1 is 0.640 bits per heavy atom. The van der Waals surface area contributed by atoms with Crippen LogP contribution in [0.5, 0.6) is 0 Å². The molecule has 0 spiro atoms. The minimum Gasteiger partial charge on any atom is -0.285 e. The van der Waals surface area contributed by atoms with Gasteiger partial charge in [0.2, 0.25) is 11.6 Å². The van der Waals surface area contributed by atoms with Crippen LogP contribution in [0.1, 0.15) is 20.7 Å². The highest BCUT2D eigenvalue weighted by Gasteiger charge is 2.30. The first kappa shape index (κ1) is 15.0. The van der Waals surface area contributed by atoms with E-state index in [0.29, 0.717) is 33.4 Å². The van der Waals surface area contributed by atoms with Crippen LogP contribution in [0, 0.1) is 10.1 Å². The topological polar surface area (TPSA) is 77.3 Å². The predicted molar refractivity (Wildman–Crippen MR) is 92.6 cm³/mol. The summed E-state index contributed by atoms with van der Waals surface area (Å²) in [6.07, 6.45) is 0. The highest BCUT2D eigenvalue weighted by molar-refractivity contribution is 6.53. The van der Waals surface area contributed by atoms with E-state index in [9.17, 15) is 19.7 Å². The summed E-state index contributed by atoms with van der Waals surface area (Å²) in [4.78, 5) is 35.4. The third-order valence-electron chi connectivity index (χ3n) is 4.34. The van der Waals surface area contributed by atoms with Gasteiger partial charge in [-0.3, -0.25) is 19.7 Å². The van der Waals surface area contributed by atoms with Gasteiger partial charge in [-0.05, 0) is 34.9 Å². The van der Waals surface area contributed by atoms with Crippen molar-refractivity contribution in [2.24, 2.45) is 0 Å². The first-order valence-electron chi connectivity index (χ1n) is 7.64. The fraction of sp³-hybridized carbons (Fsp3) is 0. The molecule has 120 valence electrons. The number of rotatable bonds is 2. The fourth-order valence-electron chi connectivity index (χ4n) is 3.17. The summed E-state index contributed by atoms with van der Waals surface area (Å²) in [5.41, 5.74) is 3.07. The lowest BCUT2D eigenvalue weighted by atomic mass is 9.82. The van der Waals surface area contributed by atoms with Gasteiger partial charge in [-0.2, -0.15) is 0 Å². The van der Waals surface area contributed by atoms with Gasteiger partial charge in [-0.25, -0.2) is 0 Å². The lowest BCUT2D eigenvalue weighted by molar-refractivity contribution is -0.384. The maximum Gasteiger partial charge on any atom is 0.277 e. The number of Topliss-reactive ketones (excluding diaryl/α,β-unsaturated/α-hetero) is 2. The summed E-state index contributed by atoms with van der Waals surface area (Å²) in [6, 6.07) is 18.3. The summed E-state index contributed by atoms with van der Waals surface area (Å²) in [7, 11) is 0. The first-order chi connectivity index (χ1) is 12.1. The lowest BCUT2D eigenvalue weighted by Crippen LogP contribution is -2.21. The van der Waals surface area contributed by atoms with Crippen LogP contribution in [-0.2, 0) is 0 Å². The Balaban J connectivity index is 1.97. The molecule has 0 heterocycles. The largest absolute Gasteiger partial charge is 0.285 e. The molecular weight excluding hydrogens is 318 g/mol. The van der Waals surface area contributed by atoms with Crippen molar-refractivity contribution in [2.75, 3.05) is 0 Å². The fourth-order valence-corrected chi connectivity index (χ4v) is 3.17. The molecule has 0 saturated carbocycles. The number of ketones is 2. The van der Waals surface area contributed by atoms with Gasteiger partial charge in [0.05, 0.1) is 10.5 Å². The van der Waals surface area contributed by atoms with Crippen molar-refractivity contribution in [2.45, 2.75) is 0 Å². The molecule has 0 unspecified atom stereocenters. The van der Waals surface area contributed by atoms with Crippen molar-refractivity contribution in [3.8, 4) is 22.3 Å². The molecule has 0 aromatic heterocycles. The number of nitro groups is 1. The van der Waals surface area contributed by atoms with Gasteiger partial charge in [0.25, 0.3) is 5.69 Å². The van der Waals surface area contributed by atoms with Crippen molar-refractivity contribution in [1.29, 1.82) is 0 Å². The molecule has 5 heteroatoms. The Morgan fingerprint density at radius 3 is 1.88 bits per heavy atom. The Morgan fingerprint density at radius 2 is 1.20 bits per heavy atom. The molecule has 0 amide bonds. The van der Waals surface area contributed by atoms with Crippen LogP contribution < -0.4 is 0 Å². The van der Waals surface area contributed by atoms with Gasteiger partial charge in [0.1, 0.15) is 0 Å². The molecule has 0 atom stereocenters. The number of para-hydroxylation sites is 1. The molecule has 0 bridgehead atoms. The van der Waals surface area contributed by atoms with E-state index < -0.39 is 16.5 Å². The van der Waals surface area contributed by atoms with Crippen molar-refractivity contribution >= 4 is 17.3 Å². The monoisotopic (exact) mass is 329 g/mol. The molecule has 4 rings (SSSR count). The summed E-state index contributed by atoms with van der Waals surface area (Å²) in [6.45, 7) is 0. The number of carbonyl (C=O) groups excluding carboxylic acids is 2. The SMILES string of the molecule is O=C1C(=O)c2ccc(-c3ccccc3[N+](=O)[O-])cc2-c2ccccc21. The average molecular weight is 329 g/mol. The number of fused-ring (bicyclic) bond motifs is 3. The predicted octanol–water partition coefficient (Wildman–Crippen LogP) is 4.31. The second-order valence-electron chi connectivity index (χ2n) is 5.74. The number of nitro benzene ring substituents is 1. The zero-order valence-electron chi connectivity index (χ0n) is 12.9. The van der Waals surface area contributed by atoms with Crippen molar-refractivity contribution in [1.82, 2.24) is 0 Å². The average Bonchev–Trinajstić information content (AvgIpc) is 2.65. The molecule has 0 aliphatic heterocycles. The van der Waals surface area contributed by atoms with Gasteiger partial charge in [-0.1, -0.05) is 42.5 Å². The van der Waals surface area contributed by atoms with E-state index in [0.717, 1.165) is 0 Å². The van der Waals surface area contributed by atoms with E-state index >= 15 is 0 Å². The standard InChI is InChI=1S/C20H11NO4/c22-19-15-7-2-1-6-14(15)17-11-12(9-10-16(17)20(19)23)13-5-3-4-8-18(13)21(24)25/h1-11H. The number of benzene rings is 3. The quantitative estimate of drug-likeness (QED) is 0.399. The first-order valence-corrected chi connectivity index (χ1v) is 7.64. The maximum absolute atomic E-state index is 12.3. The van der Waals surface area contributed by atoms with Crippen molar-refractivity contribution < 1.29 is 14.5 Å². The number of hydrogen-bond acceptors (Lipinski definition) is 4. The Bertz CT molecular complexity index is 1070.